The molecule has 2 aromatic rings. The maximum Gasteiger partial charge on any atom is 0.242 e. The van der Waals surface area contributed by atoms with Gasteiger partial charge in [-0.05, 0) is 29.7 Å². The number of hydrogen-bond donors (Lipinski definition) is 2. The molecule has 0 saturated carbocycles. The molecule has 4 heteroatoms. The molecule has 4 nitrogen and oxygen atoms in total. The van der Waals surface area contributed by atoms with Crippen LogP contribution in [0.1, 0.15) is 25.8 Å². The quantitative estimate of drug-likeness (QED) is 0.860. The molecule has 2 N–H and O–H groups in total. The fourth-order valence-corrected chi connectivity index (χ4v) is 2.38. The fraction of sp³-hybridized carbons (Fsp3) is 0.333. The molecule has 2 rings (SSSR count). The summed E-state index contributed by atoms with van der Waals surface area (Å²) in [5.74, 6) is -0.288. The molecule has 2 aromatic carbocycles. The molecule has 0 fully saturated rings. The maximum atomic E-state index is 12.2. The summed E-state index contributed by atoms with van der Waals surface area (Å²) >= 11 is 0. The molecule has 0 aromatic heterocycles. The minimum Gasteiger partial charge on any atom is -0.354 e. The van der Waals surface area contributed by atoms with Crippen LogP contribution in [0.4, 0.5) is 0 Å². The van der Waals surface area contributed by atoms with Crippen molar-refractivity contribution in [2.75, 3.05) is 6.54 Å². The Hall–Kier alpha value is -2.36. The zero-order valence-corrected chi connectivity index (χ0v) is 13.1. The van der Waals surface area contributed by atoms with Crippen molar-refractivity contribution in [2.45, 2.75) is 32.7 Å². The smallest absolute Gasteiger partial charge is 0.242 e. The average Bonchev–Trinajstić information content (AvgIpc) is 2.52. The molecule has 1 atom stereocenters. The number of nitrogens with one attached hydrogen (secondary N) is 2. The van der Waals surface area contributed by atoms with E-state index in [-0.39, 0.29) is 18.2 Å². The van der Waals surface area contributed by atoms with Gasteiger partial charge in [0.25, 0.3) is 0 Å². The van der Waals surface area contributed by atoms with Crippen molar-refractivity contribution in [3.63, 3.8) is 0 Å². The van der Waals surface area contributed by atoms with Gasteiger partial charge in [-0.1, -0.05) is 49.4 Å². The van der Waals surface area contributed by atoms with E-state index < -0.39 is 6.04 Å². The van der Waals surface area contributed by atoms with Crippen LogP contribution in [0, 0.1) is 0 Å². The van der Waals surface area contributed by atoms with E-state index in [0.717, 1.165) is 22.8 Å². The Bertz CT molecular complexity index is 662. The lowest BCUT2D eigenvalue weighted by atomic mass is 10.0. The first kappa shape index (κ1) is 16.0. The molecule has 0 unspecified atom stereocenters. The summed E-state index contributed by atoms with van der Waals surface area (Å²) in [5.41, 5.74) is 0.969. The third-order valence-corrected chi connectivity index (χ3v) is 3.55. The second kappa shape index (κ2) is 7.59. The Kier molecular flexibility index (Phi) is 5.53. The molecule has 0 spiro atoms. The molecule has 116 valence electrons. The predicted molar refractivity (Wildman–Crippen MR) is 88.6 cm³/mol. The van der Waals surface area contributed by atoms with E-state index in [1.807, 2.05) is 49.4 Å². The van der Waals surface area contributed by atoms with Gasteiger partial charge >= 0.3 is 0 Å². The molecule has 0 aliphatic rings. The summed E-state index contributed by atoms with van der Waals surface area (Å²) in [5, 5.41) is 7.71. The van der Waals surface area contributed by atoms with E-state index in [1.54, 1.807) is 6.92 Å². The van der Waals surface area contributed by atoms with Gasteiger partial charge in [-0.15, -0.1) is 0 Å². The second-order valence-electron chi connectivity index (χ2n) is 5.40. The fourth-order valence-electron chi connectivity index (χ4n) is 2.38. The van der Waals surface area contributed by atoms with Gasteiger partial charge in [0.1, 0.15) is 6.04 Å². The molecule has 2 amide bonds. The zero-order chi connectivity index (χ0) is 15.9. The van der Waals surface area contributed by atoms with E-state index in [2.05, 4.69) is 10.6 Å². The van der Waals surface area contributed by atoms with Crippen LogP contribution in [0.25, 0.3) is 10.8 Å². The number of carbonyl (C=O) groups is 2. The highest BCUT2D eigenvalue weighted by Crippen LogP contribution is 2.18. The number of rotatable bonds is 6. The van der Waals surface area contributed by atoms with Crippen molar-refractivity contribution in [3.8, 4) is 0 Å². The summed E-state index contributed by atoms with van der Waals surface area (Å²) < 4.78 is 0. The Morgan fingerprint density at radius 1 is 1.09 bits per heavy atom. The first-order valence-electron chi connectivity index (χ1n) is 7.65. The number of benzene rings is 2. The third kappa shape index (κ3) is 4.07. The van der Waals surface area contributed by atoms with Crippen molar-refractivity contribution in [2.24, 2.45) is 0 Å². The van der Waals surface area contributed by atoms with Gasteiger partial charge in [-0.25, -0.2) is 0 Å². The van der Waals surface area contributed by atoms with Crippen LogP contribution in [-0.2, 0) is 16.0 Å². The minimum atomic E-state index is -0.519. The van der Waals surface area contributed by atoms with Gasteiger partial charge in [0.15, 0.2) is 0 Å². The zero-order valence-electron chi connectivity index (χ0n) is 13.1. The maximum absolute atomic E-state index is 12.2. The molecule has 0 heterocycles. The molecule has 0 bridgehead atoms. The standard InChI is InChI=1S/C18H22N2O2/c1-3-11-19-18(22)13(2)20-17(21)12-15-9-6-8-14-7-4-5-10-16(14)15/h4-10,13H,3,11-12H2,1-2H3,(H,19,22)(H,20,21)/t13-/m1/s1. The van der Waals surface area contributed by atoms with Crippen LogP contribution in [0.3, 0.4) is 0 Å². The summed E-state index contributed by atoms with van der Waals surface area (Å²) in [6.07, 6.45) is 1.15. The highest BCUT2D eigenvalue weighted by Gasteiger charge is 2.15. The predicted octanol–water partition coefficient (Wildman–Crippen LogP) is 2.41. The van der Waals surface area contributed by atoms with Crippen LogP contribution in [-0.4, -0.2) is 24.4 Å². The topological polar surface area (TPSA) is 58.2 Å². The van der Waals surface area contributed by atoms with Crippen molar-refractivity contribution >= 4 is 22.6 Å². The summed E-state index contributed by atoms with van der Waals surface area (Å²) in [4.78, 5) is 23.9. The Morgan fingerprint density at radius 2 is 1.82 bits per heavy atom. The van der Waals surface area contributed by atoms with Gasteiger partial charge in [0.2, 0.25) is 11.8 Å². The van der Waals surface area contributed by atoms with Gasteiger partial charge in [-0.2, -0.15) is 0 Å². The monoisotopic (exact) mass is 298 g/mol. The molecular formula is C18H22N2O2. The highest BCUT2D eigenvalue weighted by molar-refractivity contribution is 5.92. The van der Waals surface area contributed by atoms with E-state index in [4.69, 9.17) is 0 Å². The van der Waals surface area contributed by atoms with Gasteiger partial charge in [0, 0.05) is 6.54 Å². The molecule has 0 aliphatic carbocycles. The number of carbonyl (C=O) groups excluding carboxylic acids is 2. The molecule has 0 aliphatic heterocycles. The molecule has 22 heavy (non-hydrogen) atoms. The van der Waals surface area contributed by atoms with Crippen LogP contribution >= 0.6 is 0 Å². The summed E-state index contributed by atoms with van der Waals surface area (Å²) in [6, 6.07) is 13.4. The number of amides is 2. The SMILES string of the molecule is CCCNC(=O)[C@@H](C)NC(=O)Cc1cccc2ccccc12. The van der Waals surface area contributed by atoms with Gasteiger partial charge < -0.3 is 10.6 Å². The van der Waals surface area contributed by atoms with Gasteiger partial charge in [-0.3, -0.25) is 9.59 Å². The molecule has 0 radical (unpaired) electrons. The number of fused-ring (bicyclic) bond motifs is 1. The number of hydrogen-bond acceptors (Lipinski definition) is 2. The van der Waals surface area contributed by atoms with Crippen molar-refractivity contribution in [1.29, 1.82) is 0 Å². The lowest BCUT2D eigenvalue weighted by molar-refractivity contribution is -0.128. The minimum absolute atomic E-state index is 0.143. The normalized spacial score (nSPS) is 11.9. The highest BCUT2D eigenvalue weighted by atomic mass is 16.2. The Morgan fingerprint density at radius 3 is 2.59 bits per heavy atom. The van der Waals surface area contributed by atoms with E-state index in [0.29, 0.717) is 6.54 Å². The first-order valence-corrected chi connectivity index (χ1v) is 7.65. The lowest BCUT2D eigenvalue weighted by Crippen LogP contribution is -2.45. The van der Waals surface area contributed by atoms with Crippen LogP contribution in [0.2, 0.25) is 0 Å². The van der Waals surface area contributed by atoms with Crippen LogP contribution < -0.4 is 10.6 Å². The van der Waals surface area contributed by atoms with E-state index in [1.165, 1.54) is 0 Å². The van der Waals surface area contributed by atoms with Crippen molar-refractivity contribution < 1.29 is 9.59 Å². The third-order valence-electron chi connectivity index (χ3n) is 3.55. The lowest BCUT2D eigenvalue weighted by Gasteiger charge is -2.14. The largest absolute Gasteiger partial charge is 0.354 e. The Labute approximate surface area is 130 Å². The second-order valence-corrected chi connectivity index (χ2v) is 5.40. The first-order chi connectivity index (χ1) is 10.6. The van der Waals surface area contributed by atoms with Crippen molar-refractivity contribution in [3.05, 3.63) is 48.0 Å². The summed E-state index contributed by atoms with van der Waals surface area (Å²) in [7, 11) is 0. The summed E-state index contributed by atoms with van der Waals surface area (Å²) in [6.45, 7) is 4.32. The van der Waals surface area contributed by atoms with E-state index >= 15 is 0 Å². The van der Waals surface area contributed by atoms with Crippen LogP contribution in [0.15, 0.2) is 42.5 Å². The van der Waals surface area contributed by atoms with Crippen LogP contribution in [0.5, 0.6) is 0 Å². The van der Waals surface area contributed by atoms with Gasteiger partial charge in [0.05, 0.1) is 6.42 Å². The molecule has 0 saturated heterocycles. The average molecular weight is 298 g/mol. The Balaban J connectivity index is 2.00. The van der Waals surface area contributed by atoms with E-state index in [9.17, 15) is 9.59 Å². The van der Waals surface area contributed by atoms with Crippen molar-refractivity contribution in [1.82, 2.24) is 10.6 Å². The molecular weight excluding hydrogens is 276 g/mol.